The molecule has 0 heterocycles. The highest BCUT2D eigenvalue weighted by atomic mass is 19.1. The van der Waals surface area contributed by atoms with Gasteiger partial charge in [0.15, 0.2) is 5.82 Å². The number of carbonyl (C=O) groups is 1. The van der Waals surface area contributed by atoms with E-state index < -0.39 is 17.7 Å². The van der Waals surface area contributed by atoms with Crippen LogP contribution in [0.3, 0.4) is 0 Å². The van der Waals surface area contributed by atoms with Gasteiger partial charge in [-0.3, -0.25) is 4.79 Å². The Morgan fingerprint density at radius 1 is 1.16 bits per heavy atom. The number of hydrogen-bond donors (Lipinski definition) is 3. The van der Waals surface area contributed by atoms with E-state index >= 15 is 4.39 Å². The maximum Gasteiger partial charge on any atom is 0.307 e. The summed E-state index contributed by atoms with van der Waals surface area (Å²) in [6, 6.07) is 18.3. The fraction of sp³-hybridized carbons (Fsp3) is 0.269. The van der Waals surface area contributed by atoms with Crippen LogP contribution in [0.1, 0.15) is 47.1 Å². The number of nitrogen functional groups attached to an aromatic ring is 1. The van der Waals surface area contributed by atoms with E-state index in [0.717, 1.165) is 16.7 Å². The minimum Gasteiger partial charge on any atom is -0.461 e. The highest BCUT2D eigenvalue weighted by Crippen LogP contribution is 2.36. The molecule has 0 radical (unpaired) electrons. The van der Waals surface area contributed by atoms with Gasteiger partial charge in [0.25, 0.3) is 0 Å². The zero-order valence-electron chi connectivity index (χ0n) is 18.4. The topological polar surface area (TPSA) is 84.6 Å². The molecule has 0 aliphatic rings. The van der Waals surface area contributed by atoms with Crippen LogP contribution in [0.25, 0.3) is 0 Å². The van der Waals surface area contributed by atoms with Gasteiger partial charge < -0.3 is 20.9 Å². The summed E-state index contributed by atoms with van der Waals surface area (Å²) in [5.74, 6) is -1.61. The fourth-order valence-corrected chi connectivity index (χ4v) is 3.67. The van der Waals surface area contributed by atoms with Gasteiger partial charge in [-0.2, -0.15) is 0 Å². The monoisotopic (exact) mass is 436 g/mol. The first-order valence-corrected chi connectivity index (χ1v) is 10.7. The molecule has 4 N–H and O–H groups in total. The van der Waals surface area contributed by atoms with Crippen molar-refractivity contribution >= 4 is 17.3 Å². The molecular weight excluding hydrogens is 407 g/mol. The Kier molecular flexibility index (Phi) is 7.84. The van der Waals surface area contributed by atoms with Crippen LogP contribution in [-0.2, 0) is 22.7 Å². The van der Waals surface area contributed by atoms with Gasteiger partial charge >= 0.3 is 5.97 Å². The van der Waals surface area contributed by atoms with Crippen LogP contribution in [0.4, 0.5) is 15.8 Å². The lowest BCUT2D eigenvalue weighted by Gasteiger charge is -2.21. The maximum absolute atomic E-state index is 15.3. The van der Waals surface area contributed by atoms with Gasteiger partial charge in [0.05, 0.1) is 24.4 Å². The van der Waals surface area contributed by atoms with Gasteiger partial charge in [0, 0.05) is 12.5 Å². The normalized spacial score (nSPS) is 11.8. The minimum absolute atomic E-state index is 0.0153. The molecule has 0 aliphatic carbocycles. The van der Waals surface area contributed by atoms with E-state index in [4.69, 9.17) is 10.5 Å². The Morgan fingerprint density at radius 2 is 1.91 bits per heavy atom. The summed E-state index contributed by atoms with van der Waals surface area (Å²) in [6.07, 6.45) is -0.0579. The zero-order valence-corrected chi connectivity index (χ0v) is 18.4. The number of ether oxygens (including phenoxy) is 1. The summed E-state index contributed by atoms with van der Waals surface area (Å²) >= 11 is 0. The van der Waals surface area contributed by atoms with Gasteiger partial charge in [0.1, 0.15) is 6.61 Å². The lowest BCUT2D eigenvalue weighted by Crippen LogP contribution is -2.15. The average molecular weight is 437 g/mol. The number of aliphatic hydroxyl groups is 1. The number of rotatable bonds is 9. The van der Waals surface area contributed by atoms with E-state index in [9.17, 15) is 9.90 Å². The number of anilines is 2. The first kappa shape index (κ1) is 23.3. The van der Waals surface area contributed by atoms with E-state index in [0.29, 0.717) is 23.4 Å². The summed E-state index contributed by atoms with van der Waals surface area (Å²) in [4.78, 5) is 12.7. The minimum atomic E-state index is -0.609. The molecule has 5 nitrogen and oxygen atoms in total. The summed E-state index contributed by atoms with van der Waals surface area (Å²) in [6.45, 7) is 4.40. The van der Waals surface area contributed by atoms with Gasteiger partial charge in [-0.15, -0.1) is 0 Å². The molecule has 0 unspecified atom stereocenters. The Labute approximate surface area is 188 Å². The number of nitrogens with two attached hydrogens (primary N) is 1. The number of esters is 1. The first-order valence-electron chi connectivity index (χ1n) is 10.7. The van der Waals surface area contributed by atoms with Crippen molar-refractivity contribution in [2.75, 3.05) is 17.6 Å². The standard InChI is InChI=1S/C26H29FN2O3/c1-3-29-23-12-11-21(25(27)26(23)28)22(19-10-9-17(2)20(13-19)15-30)14-24(31)32-16-18-7-5-4-6-8-18/h4-13,22,29-30H,3,14-16,28H2,1-2H3/t22-/m0/s1. The third-order valence-electron chi connectivity index (χ3n) is 5.51. The molecule has 0 spiro atoms. The van der Waals surface area contributed by atoms with E-state index in [1.165, 1.54) is 0 Å². The molecule has 0 bridgehead atoms. The van der Waals surface area contributed by atoms with E-state index in [1.54, 1.807) is 18.2 Å². The molecule has 1 atom stereocenters. The maximum atomic E-state index is 15.3. The molecule has 0 aromatic heterocycles. The highest BCUT2D eigenvalue weighted by molar-refractivity contribution is 5.73. The molecule has 0 fully saturated rings. The predicted octanol–water partition coefficient (Wildman–Crippen LogP) is 4.91. The molecule has 32 heavy (non-hydrogen) atoms. The van der Waals surface area contributed by atoms with Crippen LogP contribution in [0, 0.1) is 12.7 Å². The molecule has 3 aromatic rings. The van der Waals surface area contributed by atoms with Crippen molar-refractivity contribution in [1.29, 1.82) is 0 Å². The van der Waals surface area contributed by atoms with Crippen LogP contribution in [0.2, 0.25) is 0 Å². The number of aryl methyl sites for hydroxylation is 1. The molecule has 6 heteroatoms. The SMILES string of the molecule is CCNc1ccc([C@@H](CC(=O)OCc2ccccc2)c2ccc(C)c(CO)c2)c(F)c1N. The second-order valence-corrected chi connectivity index (χ2v) is 7.71. The Bertz CT molecular complexity index is 1070. The Hall–Kier alpha value is -3.38. The van der Waals surface area contributed by atoms with Crippen molar-refractivity contribution in [3.05, 3.63) is 94.3 Å². The quantitative estimate of drug-likeness (QED) is 0.328. The van der Waals surface area contributed by atoms with Crippen molar-refractivity contribution in [3.63, 3.8) is 0 Å². The summed E-state index contributed by atoms with van der Waals surface area (Å²) in [5.41, 5.74) is 10.1. The fourth-order valence-electron chi connectivity index (χ4n) is 3.67. The van der Waals surface area contributed by atoms with Crippen molar-refractivity contribution in [2.24, 2.45) is 0 Å². The van der Waals surface area contributed by atoms with Crippen LogP contribution >= 0.6 is 0 Å². The molecule has 0 saturated carbocycles. The summed E-state index contributed by atoms with van der Waals surface area (Å²) < 4.78 is 20.8. The Morgan fingerprint density at radius 3 is 2.59 bits per heavy atom. The van der Waals surface area contributed by atoms with E-state index in [-0.39, 0.29) is 25.3 Å². The molecular formula is C26H29FN2O3. The first-order chi connectivity index (χ1) is 15.4. The van der Waals surface area contributed by atoms with Crippen molar-refractivity contribution < 1.29 is 19.0 Å². The van der Waals surface area contributed by atoms with Gasteiger partial charge in [-0.05, 0) is 47.7 Å². The van der Waals surface area contributed by atoms with Crippen LogP contribution in [0.5, 0.6) is 0 Å². The van der Waals surface area contributed by atoms with E-state index in [1.807, 2.05) is 56.3 Å². The Balaban J connectivity index is 1.93. The number of aliphatic hydroxyl groups excluding tert-OH is 1. The molecule has 0 aliphatic heterocycles. The van der Waals surface area contributed by atoms with Gasteiger partial charge in [0.2, 0.25) is 0 Å². The van der Waals surface area contributed by atoms with Crippen LogP contribution in [-0.4, -0.2) is 17.6 Å². The number of benzene rings is 3. The van der Waals surface area contributed by atoms with Gasteiger partial charge in [-0.25, -0.2) is 4.39 Å². The number of nitrogens with one attached hydrogen (secondary N) is 1. The zero-order chi connectivity index (χ0) is 23.1. The third-order valence-corrected chi connectivity index (χ3v) is 5.51. The van der Waals surface area contributed by atoms with Gasteiger partial charge in [-0.1, -0.05) is 54.6 Å². The second-order valence-electron chi connectivity index (χ2n) is 7.71. The lowest BCUT2D eigenvalue weighted by molar-refractivity contribution is -0.145. The molecule has 168 valence electrons. The average Bonchev–Trinajstić information content (AvgIpc) is 2.81. The van der Waals surface area contributed by atoms with Crippen LogP contribution in [0.15, 0.2) is 60.7 Å². The predicted molar refractivity (Wildman–Crippen MR) is 125 cm³/mol. The lowest BCUT2D eigenvalue weighted by atomic mass is 9.86. The van der Waals surface area contributed by atoms with Crippen molar-refractivity contribution in [1.82, 2.24) is 0 Å². The van der Waals surface area contributed by atoms with E-state index in [2.05, 4.69) is 5.32 Å². The smallest absolute Gasteiger partial charge is 0.307 e. The van der Waals surface area contributed by atoms with Crippen molar-refractivity contribution in [3.8, 4) is 0 Å². The summed E-state index contributed by atoms with van der Waals surface area (Å²) in [7, 11) is 0. The summed E-state index contributed by atoms with van der Waals surface area (Å²) in [5, 5.41) is 12.7. The highest BCUT2D eigenvalue weighted by Gasteiger charge is 2.25. The molecule has 0 amide bonds. The largest absolute Gasteiger partial charge is 0.461 e. The second kappa shape index (κ2) is 10.8. The molecule has 3 aromatic carbocycles. The van der Waals surface area contributed by atoms with Crippen molar-refractivity contribution in [2.45, 2.75) is 39.4 Å². The number of hydrogen-bond acceptors (Lipinski definition) is 5. The third kappa shape index (κ3) is 5.45. The molecule has 3 rings (SSSR count). The van der Waals surface area contributed by atoms with Crippen LogP contribution < -0.4 is 11.1 Å². The molecule has 0 saturated heterocycles. The number of carbonyl (C=O) groups excluding carboxylic acids is 1. The number of halogens is 1.